The minimum absolute atomic E-state index is 0.0173. The number of methoxy groups -OCH3 is 1. The van der Waals surface area contributed by atoms with Crippen molar-refractivity contribution in [3.05, 3.63) is 82.4 Å². The molecular formula is C37H44ClN3O5. The molecule has 1 atom stereocenters. The Morgan fingerprint density at radius 1 is 0.957 bits per heavy atom. The van der Waals surface area contributed by atoms with Gasteiger partial charge < -0.3 is 28.9 Å². The van der Waals surface area contributed by atoms with Gasteiger partial charge in [0.25, 0.3) is 0 Å². The van der Waals surface area contributed by atoms with E-state index < -0.39 is 0 Å². The molecule has 0 aromatic heterocycles. The summed E-state index contributed by atoms with van der Waals surface area (Å²) in [5, 5.41) is 0.645. The van der Waals surface area contributed by atoms with Gasteiger partial charge in [-0.05, 0) is 111 Å². The fourth-order valence-corrected chi connectivity index (χ4v) is 7.37. The van der Waals surface area contributed by atoms with Crippen molar-refractivity contribution < 1.29 is 23.8 Å². The lowest BCUT2D eigenvalue weighted by atomic mass is 9.84. The van der Waals surface area contributed by atoms with E-state index in [4.69, 9.17) is 25.8 Å². The number of halogens is 1. The normalized spacial score (nSPS) is 21.7. The molecule has 6 rings (SSSR count). The Labute approximate surface area is 277 Å². The van der Waals surface area contributed by atoms with Gasteiger partial charge in [0.05, 0.1) is 32.3 Å². The summed E-state index contributed by atoms with van der Waals surface area (Å²) in [4.78, 5) is 32.4. The third kappa shape index (κ3) is 6.83. The minimum Gasteiger partial charge on any atom is -0.493 e. The molecule has 0 radical (unpaired) electrons. The minimum atomic E-state index is -0.356. The van der Waals surface area contributed by atoms with Crippen LogP contribution in [0.2, 0.25) is 5.02 Å². The van der Waals surface area contributed by atoms with Crippen LogP contribution in [-0.4, -0.2) is 69.3 Å². The van der Waals surface area contributed by atoms with Gasteiger partial charge in [-0.3, -0.25) is 9.59 Å². The van der Waals surface area contributed by atoms with E-state index in [-0.39, 0.29) is 37.0 Å². The van der Waals surface area contributed by atoms with Crippen LogP contribution in [0.3, 0.4) is 0 Å². The van der Waals surface area contributed by atoms with Crippen LogP contribution < -0.4 is 19.3 Å². The molecule has 3 aliphatic rings. The van der Waals surface area contributed by atoms with Gasteiger partial charge in [-0.2, -0.15) is 0 Å². The van der Waals surface area contributed by atoms with Gasteiger partial charge in [-0.1, -0.05) is 23.7 Å². The maximum Gasteiger partial charge on any atom is 0.248 e. The number of amides is 2. The van der Waals surface area contributed by atoms with Crippen LogP contribution in [0.5, 0.6) is 11.5 Å². The van der Waals surface area contributed by atoms with Gasteiger partial charge in [0.15, 0.2) is 11.5 Å². The van der Waals surface area contributed by atoms with E-state index >= 15 is 0 Å². The predicted octanol–water partition coefficient (Wildman–Crippen LogP) is 6.67. The molecule has 244 valence electrons. The fourth-order valence-electron chi connectivity index (χ4n) is 7.24. The summed E-state index contributed by atoms with van der Waals surface area (Å²) in [7, 11) is 3.76. The van der Waals surface area contributed by atoms with Crippen LogP contribution in [0.1, 0.15) is 62.3 Å². The standard InChI is InChI=1S/C37H44ClN3O5/c1-24(2)46-34-21-32-27(19-33(34)44-4)20-35(42)41(37(32)26-7-9-28(38)10-8-26)31-15-13-29(14-16-31)39(3)22-25-5-11-30(12-6-25)40-17-18-45-23-36(40)43/h7-10,13-16,19,21,24-25,30,37H,5-6,11-12,17-18,20,22-23H2,1-4H3/t25?,30?,37-/m0/s1. The van der Waals surface area contributed by atoms with Crippen molar-refractivity contribution in [2.75, 3.05) is 50.3 Å². The summed E-state index contributed by atoms with van der Waals surface area (Å²) < 4.78 is 17.1. The van der Waals surface area contributed by atoms with Crippen molar-refractivity contribution in [2.45, 2.75) is 64.1 Å². The first-order chi connectivity index (χ1) is 22.2. The first-order valence-corrected chi connectivity index (χ1v) is 16.7. The van der Waals surface area contributed by atoms with Crippen LogP contribution >= 0.6 is 11.6 Å². The number of anilines is 2. The molecule has 1 saturated carbocycles. The lowest BCUT2D eigenvalue weighted by Gasteiger charge is -2.39. The molecule has 46 heavy (non-hydrogen) atoms. The monoisotopic (exact) mass is 645 g/mol. The summed E-state index contributed by atoms with van der Waals surface area (Å²) >= 11 is 6.28. The van der Waals surface area contributed by atoms with Crippen molar-refractivity contribution in [3.63, 3.8) is 0 Å². The second-order valence-electron chi connectivity index (χ2n) is 13.0. The molecule has 2 heterocycles. The smallest absolute Gasteiger partial charge is 0.248 e. The molecule has 2 fully saturated rings. The number of nitrogens with zero attached hydrogens (tertiary/aromatic N) is 3. The van der Waals surface area contributed by atoms with Crippen LogP contribution in [0, 0.1) is 5.92 Å². The average molecular weight is 646 g/mol. The van der Waals surface area contributed by atoms with Crippen LogP contribution in [0.25, 0.3) is 0 Å². The van der Waals surface area contributed by atoms with Gasteiger partial charge in [0.2, 0.25) is 11.8 Å². The zero-order valence-electron chi connectivity index (χ0n) is 27.2. The van der Waals surface area contributed by atoms with E-state index in [2.05, 4.69) is 24.1 Å². The van der Waals surface area contributed by atoms with E-state index in [0.717, 1.165) is 60.3 Å². The zero-order valence-corrected chi connectivity index (χ0v) is 28.0. The molecule has 0 spiro atoms. The number of hydrogen-bond donors (Lipinski definition) is 0. The number of benzene rings is 3. The number of ether oxygens (including phenoxy) is 3. The number of hydrogen-bond acceptors (Lipinski definition) is 6. The van der Waals surface area contributed by atoms with Crippen molar-refractivity contribution in [1.29, 1.82) is 0 Å². The van der Waals surface area contributed by atoms with E-state index in [1.807, 2.05) is 72.2 Å². The average Bonchev–Trinajstić information content (AvgIpc) is 3.05. The SMILES string of the molecule is COc1cc2c(cc1OC(C)C)[C@H](c1ccc(Cl)cc1)N(c1ccc(N(C)CC3CCC(N4CCOCC4=O)CC3)cc1)C(=O)C2. The summed E-state index contributed by atoms with van der Waals surface area (Å²) in [5.74, 6) is 2.01. The summed E-state index contributed by atoms with van der Waals surface area (Å²) in [6, 6.07) is 20.0. The molecule has 0 unspecified atom stereocenters. The van der Waals surface area contributed by atoms with Gasteiger partial charge in [-0.25, -0.2) is 0 Å². The van der Waals surface area contributed by atoms with Crippen molar-refractivity contribution in [2.24, 2.45) is 5.92 Å². The molecule has 0 N–H and O–H groups in total. The van der Waals surface area contributed by atoms with Crippen molar-refractivity contribution in [1.82, 2.24) is 4.90 Å². The molecule has 9 heteroatoms. The van der Waals surface area contributed by atoms with Crippen LogP contribution in [0.4, 0.5) is 11.4 Å². The second kappa shape index (κ2) is 13.9. The molecule has 2 amide bonds. The maximum atomic E-state index is 13.9. The van der Waals surface area contributed by atoms with E-state index in [1.54, 1.807) is 7.11 Å². The quantitative estimate of drug-likeness (QED) is 0.259. The molecule has 2 aliphatic heterocycles. The van der Waals surface area contributed by atoms with E-state index in [9.17, 15) is 9.59 Å². The summed E-state index contributed by atoms with van der Waals surface area (Å²) in [6.45, 7) is 6.50. The molecule has 0 bridgehead atoms. The number of rotatable bonds is 9. The lowest BCUT2D eigenvalue weighted by Crippen LogP contribution is -2.49. The van der Waals surface area contributed by atoms with Gasteiger partial charge in [0.1, 0.15) is 6.61 Å². The van der Waals surface area contributed by atoms with E-state index in [0.29, 0.717) is 41.6 Å². The topological polar surface area (TPSA) is 71.6 Å². The highest BCUT2D eigenvalue weighted by molar-refractivity contribution is 6.30. The number of carbonyl (C=O) groups is 2. The molecule has 1 aliphatic carbocycles. The highest BCUT2D eigenvalue weighted by Gasteiger charge is 2.36. The molecule has 3 aromatic rings. The van der Waals surface area contributed by atoms with Gasteiger partial charge in [0, 0.05) is 42.6 Å². The third-order valence-electron chi connectivity index (χ3n) is 9.52. The largest absolute Gasteiger partial charge is 0.493 e. The molecule has 3 aromatic carbocycles. The molecule has 8 nitrogen and oxygen atoms in total. The number of fused-ring (bicyclic) bond motifs is 1. The predicted molar refractivity (Wildman–Crippen MR) is 181 cm³/mol. The second-order valence-corrected chi connectivity index (χ2v) is 13.4. The molecular weight excluding hydrogens is 602 g/mol. The van der Waals surface area contributed by atoms with Crippen LogP contribution in [-0.2, 0) is 20.7 Å². The first-order valence-electron chi connectivity index (χ1n) is 16.3. The van der Waals surface area contributed by atoms with E-state index in [1.165, 1.54) is 0 Å². The van der Waals surface area contributed by atoms with Crippen LogP contribution in [0.15, 0.2) is 60.7 Å². The summed E-state index contributed by atoms with van der Waals surface area (Å²) in [5.41, 5.74) is 4.85. The number of carbonyl (C=O) groups excluding carboxylic acids is 2. The Hall–Kier alpha value is -3.75. The van der Waals surface area contributed by atoms with Crippen molar-refractivity contribution in [3.8, 4) is 11.5 Å². The number of morpholine rings is 1. The zero-order chi connectivity index (χ0) is 32.4. The fraction of sp³-hybridized carbons (Fsp3) is 0.459. The lowest BCUT2D eigenvalue weighted by molar-refractivity contribution is -0.146. The highest BCUT2D eigenvalue weighted by atomic mass is 35.5. The molecule has 1 saturated heterocycles. The van der Waals surface area contributed by atoms with Gasteiger partial charge in [-0.15, -0.1) is 0 Å². The highest BCUT2D eigenvalue weighted by Crippen LogP contribution is 2.44. The Morgan fingerprint density at radius 3 is 2.33 bits per heavy atom. The summed E-state index contributed by atoms with van der Waals surface area (Å²) in [6.07, 6.45) is 4.53. The maximum absolute atomic E-state index is 13.9. The Morgan fingerprint density at radius 2 is 1.67 bits per heavy atom. The Kier molecular flexibility index (Phi) is 9.76. The van der Waals surface area contributed by atoms with Gasteiger partial charge >= 0.3 is 0 Å². The first kappa shape index (κ1) is 32.2. The third-order valence-corrected chi connectivity index (χ3v) is 9.77. The Balaban J connectivity index is 1.21. The van der Waals surface area contributed by atoms with Crippen molar-refractivity contribution >= 4 is 34.8 Å². The Bertz CT molecular complexity index is 1540.